The average Bonchev–Trinajstić information content (AvgIpc) is 2.52. The SMILES string of the molecule is CCOP(=O)(/C=C/[C@H](CO)CCn1cc(C)c(=O)[nH]c1=O)OCC. The lowest BCUT2D eigenvalue weighted by Crippen LogP contribution is -2.31. The summed E-state index contributed by atoms with van der Waals surface area (Å²) in [6, 6.07) is 0. The van der Waals surface area contributed by atoms with Gasteiger partial charge in [0.05, 0.1) is 13.2 Å². The second kappa shape index (κ2) is 9.74. The van der Waals surface area contributed by atoms with Gasteiger partial charge in [-0.15, -0.1) is 0 Å². The van der Waals surface area contributed by atoms with Crippen molar-refractivity contribution in [2.75, 3.05) is 19.8 Å². The second-order valence-corrected chi connectivity index (χ2v) is 7.11. The molecule has 0 saturated carbocycles. The number of hydrogen-bond donors (Lipinski definition) is 2. The maximum absolute atomic E-state index is 12.3. The van der Waals surface area contributed by atoms with E-state index < -0.39 is 18.8 Å². The van der Waals surface area contributed by atoms with Crippen molar-refractivity contribution in [2.45, 2.75) is 33.7 Å². The molecule has 0 spiro atoms. The number of H-pyrrole nitrogens is 1. The summed E-state index contributed by atoms with van der Waals surface area (Å²) >= 11 is 0. The van der Waals surface area contributed by atoms with Gasteiger partial charge in [0.2, 0.25) is 0 Å². The fourth-order valence-electron chi connectivity index (χ4n) is 2.05. The molecule has 1 atom stereocenters. The smallest absolute Gasteiger partial charge is 0.353 e. The average molecular weight is 360 g/mol. The summed E-state index contributed by atoms with van der Waals surface area (Å²) < 4.78 is 24.0. The van der Waals surface area contributed by atoms with Gasteiger partial charge in [-0.25, -0.2) is 4.79 Å². The Morgan fingerprint density at radius 3 is 2.50 bits per heavy atom. The lowest BCUT2D eigenvalue weighted by molar-refractivity contribution is 0.227. The molecule has 0 amide bonds. The molecule has 0 fully saturated rings. The summed E-state index contributed by atoms with van der Waals surface area (Å²) in [5, 5.41) is 9.46. The molecule has 1 aromatic heterocycles. The molecule has 0 saturated heterocycles. The highest BCUT2D eigenvalue weighted by Gasteiger charge is 2.19. The summed E-state index contributed by atoms with van der Waals surface area (Å²) in [6.45, 7) is 5.67. The lowest BCUT2D eigenvalue weighted by atomic mass is 10.1. The van der Waals surface area contributed by atoms with E-state index in [9.17, 15) is 19.3 Å². The van der Waals surface area contributed by atoms with Gasteiger partial charge in [-0.05, 0) is 27.2 Å². The Bertz CT molecular complexity index is 699. The van der Waals surface area contributed by atoms with Crippen molar-refractivity contribution in [1.82, 2.24) is 9.55 Å². The van der Waals surface area contributed by atoms with E-state index in [1.807, 2.05) is 0 Å². The van der Waals surface area contributed by atoms with E-state index in [1.165, 1.54) is 16.6 Å². The van der Waals surface area contributed by atoms with Crippen molar-refractivity contribution in [2.24, 2.45) is 5.92 Å². The molecular formula is C15H25N2O6P. The third kappa shape index (κ3) is 6.20. The zero-order chi connectivity index (χ0) is 18.2. The van der Waals surface area contributed by atoms with E-state index >= 15 is 0 Å². The number of hydrogen-bond acceptors (Lipinski definition) is 6. The molecule has 1 aromatic rings. The maximum atomic E-state index is 12.3. The van der Waals surface area contributed by atoms with Crippen molar-refractivity contribution in [3.8, 4) is 0 Å². The van der Waals surface area contributed by atoms with Crippen molar-refractivity contribution >= 4 is 7.60 Å². The summed E-state index contributed by atoms with van der Waals surface area (Å²) in [5.74, 6) is 1.03. The monoisotopic (exact) mass is 360 g/mol. The van der Waals surface area contributed by atoms with E-state index in [0.717, 1.165) is 0 Å². The molecule has 0 aliphatic carbocycles. The van der Waals surface area contributed by atoms with Gasteiger partial charge >= 0.3 is 13.3 Å². The first-order chi connectivity index (χ1) is 11.3. The maximum Gasteiger partial charge on any atom is 0.353 e. The number of aryl methyl sites for hydroxylation is 2. The number of aromatic amines is 1. The third-order valence-electron chi connectivity index (χ3n) is 3.32. The largest absolute Gasteiger partial charge is 0.396 e. The van der Waals surface area contributed by atoms with Gasteiger partial charge in [-0.1, -0.05) is 6.08 Å². The molecule has 0 aliphatic heterocycles. The molecule has 136 valence electrons. The number of rotatable bonds is 10. The van der Waals surface area contributed by atoms with Crippen LogP contribution in [0.3, 0.4) is 0 Å². The molecule has 0 unspecified atom stereocenters. The van der Waals surface area contributed by atoms with E-state index in [0.29, 0.717) is 18.5 Å². The molecule has 1 rings (SSSR count). The fraction of sp³-hybridized carbons (Fsp3) is 0.600. The fourth-order valence-corrected chi connectivity index (χ4v) is 3.47. The normalized spacial score (nSPS) is 13.5. The predicted octanol–water partition coefficient (Wildman–Crippen LogP) is 1.62. The number of aliphatic hydroxyl groups is 1. The highest BCUT2D eigenvalue weighted by molar-refractivity contribution is 7.57. The van der Waals surface area contributed by atoms with Crippen LogP contribution < -0.4 is 11.2 Å². The quantitative estimate of drug-likeness (QED) is 0.614. The Morgan fingerprint density at radius 2 is 1.96 bits per heavy atom. The zero-order valence-corrected chi connectivity index (χ0v) is 15.1. The van der Waals surface area contributed by atoms with Crippen molar-refractivity contribution in [3.05, 3.63) is 44.5 Å². The Labute approximate surface area is 140 Å². The minimum absolute atomic E-state index is 0.175. The van der Waals surface area contributed by atoms with Gasteiger partial charge in [-0.2, -0.15) is 0 Å². The van der Waals surface area contributed by atoms with E-state index in [-0.39, 0.29) is 25.7 Å². The van der Waals surface area contributed by atoms with Gasteiger partial charge in [0.1, 0.15) is 0 Å². The number of aliphatic hydroxyl groups excluding tert-OH is 1. The predicted molar refractivity (Wildman–Crippen MR) is 91.3 cm³/mol. The van der Waals surface area contributed by atoms with Gasteiger partial charge in [0.25, 0.3) is 5.56 Å². The zero-order valence-electron chi connectivity index (χ0n) is 14.2. The minimum atomic E-state index is -3.31. The summed E-state index contributed by atoms with van der Waals surface area (Å²) in [7, 11) is -3.31. The third-order valence-corrected chi connectivity index (χ3v) is 5.10. The van der Waals surface area contributed by atoms with Gasteiger partial charge in [0.15, 0.2) is 0 Å². The molecule has 0 aromatic carbocycles. The molecule has 24 heavy (non-hydrogen) atoms. The van der Waals surface area contributed by atoms with Crippen LogP contribution in [0.1, 0.15) is 25.8 Å². The molecule has 0 radical (unpaired) electrons. The molecule has 2 N–H and O–H groups in total. The Balaban J connectivity index is 2.79. The number of aromatic nitrogens is 2. The Morgan fingerprint density at radius 1 is 1.33 bits per heavy atom. The molecule has 0 bridgehead atoms. The summed E-state index contributed by atoms with van der Waals surface area (Å²) in [4.78, 5) is 25.3. The van der Waals surface area contributed by atoms with Crippen LogP contribution in [0.15, 0.2) is 27.7 Å². The Hall–Kier alpha value is -1.47. The Kier molecular flexibility index (Phi) is 8.35. The lowest BCUT2D eigenvalue weighted by Gasteiger charge is -2.15. The summed E-state index contributed by atoms with van der Waals surface area (Å²) in [6.07, 6.45) is 3.48. The topological polar surface area (TPSA) is 111 Å². The van der Waals surface area contributed by atoms with E-state index in [2.05, 4.69) is 4.98 Å². The standard InChI is InChI=1S/C15H25N2O6P/c1-4-22-24(21,23-5-2)9-7-13(11-18)6-8-17-10-12(3)14(19)16-15(17)20/h7,9-10,13,18H,4-6,8,11H2,1-3H3,(H,16,19,20)/b9-7+/t13-/m1/s1. The number of nitrogens with zero attached hydrogens (tertiary/aromatic N) is 1. The number of nitrogens with one attached hydrogen (secondary N) is 1. The first-order valence-electron chi connectivity index (χ1n) is 7.84. The molecule has 8 nitrogen and oxygen atoms in total. The van der Waals surface area contributed by atoms with Crippen LogP contribution in [0.2, 0.25) is 0 Å². The van der Waals surface area contributed by atoms with Crippen LogP contribution in [0.25, 0.3) is 0 Å². The highest BCUT2D eigenvalue weighted by Crippen LogP contribution is 2.49. The molecule has 1 heterocycles. The van der Waals surface area contributed by atoms with Crippen LogP contribution in [-0.4, -0.2) is 34.5 Å². The molecular weight excluding hydrogens is 335 g/mol. The first kappa shape index (κ1) is 20.6. The van der Waals surface area contributed by atoms with Crippen molar-refractivity contribution in [1.29, 1.82) is 0 Å². The van der Waals surface area contributed by atoms with E-state index in [4.69, 9.17) is 9.05 Å². The van der Waals surface area contributed by atoms with Crippen LogP contribution in [-0.2, 0) is 20.2 Å². The van der Waals surface area contributed by atoms with Crippen LogP contribution in [0.4, 0.5) is 0 Å². The highest BCUT2D eigenvalue weighted by atomic mass is 31.2. The van der Waals surface area contributed by atoms with Gasteiger partial charge in [0, 0.05) is 36.6 Å². The van der Waals surface area contributed by atoms with Crippen LogP contribution in [0.5, 0.6) is 0 Å². The first-order valence-corrected chi connectivity index (χ1v) is 9.45. The molecule has 0 aliphatic rings. The van der Waals surface area contributed by atoms with Gasteiger partial charge < -0.3 is 18.7 Å². The minimum Gasteiger partial charge on any atom is -0.396 e. The van der Waals surface area contributed by atoms with E-state index in [1.54, 1.807) is 26.8 Å². The van der Waals surface area contributed by atoms with Crippen molar-refractivity contribution < 1.29 is 18.7 Å². The van der Waals surface area contributed by atoms with Crippen LogP contribution in [0, 0.1) is 12.8 Å². The van der Waals surface area contributed by atoms with Gasteiger partial charge in [-0.3, -0.25) is 14.3 Å². The van der Waals surface area contributed by atoms with Crippen LogP contribution >= 0.6 is 7.60 Å². The molecule has 9 heteroatoms. The second-order valence-electron chi connectivity index (χ2n) is 5.21. The summed E-state index contributed by atoms with van der Waals surface area (Å²) in [5.41, 5.74) is -0.479. The van der Waals surface area contributed by atoms with Crippen molar-refractivity contribution in [3.63, 3.8) is 0 Å².